The lowest BCUT2D eigenvalue weighted by molar-refractivity contribution is -0.138. The molecule has 0 heterocycles. The first-order valence-electron chi connectivity index (χ1n) is 12.8. The molecule has 11 nitrogen and oxygen atoms in total. The molecule has 0 radical (unpaired) electrons. The van der Waals surface area contributed by atoms with Gasteiger partial charge in [-0.15, -0.1) is 0 Å². The van der Waals surface area contributed by atoms with Crippen LogP contribution in [0.3, 0.4) is 0 Å². The molecule has 0 unspecified atom stereocenters. The number of hydrogen-bond acceptors (Lipinski definition) is 10. The molecule has 0 aliphatic rings. The maximum atomic E-state index is 12.1. The van der Waals surface area contributed by atoms with E-state index in [0.717, 1.165) is 25.1 Å². The molecule has 0 saturated heterocycles. The summed E-state index contributed by atoms with van der Waals surface area (Å²) >= 11 is 0. The van der Waals surface area contributed by atoms with Crippen molar-refractivity contribution in [2.45, 2.75) is 26.2 Å². The van der Waals surface area contributed by atoms with Gasteiger partial charge in [-0.2, -0.15) is 0 Å². The Morgan fingerprint density at radius 1 is 0.676 bits per heavy atom. The molecule has 1 aromatic carbocycles. The highest BCUT2D eigenvalue weighted by Gasteiger charge is 2.06. The summed E-state index contributed by atoms with van der Waals surface area (Å²) in [7, 11) is 0. The summed E-state index contributed by atoms with van der Waals surface area (Å²) in [6.07, 6.45) is 2.23. The number of ether oxygens (including phenoxy) is 7. The molecular formula is C26H43NO10. The maximum Gasteiger partial charge on any atom is 0.338 e. The van der Waals surface area contributed by atoms with Gasteiger partial charge in [0.25, 0.3) is 0 Å². The Bertz CT molecular complexity index is 686. The standard InChI is InChI=1S/C26H43NO10/c1-2-3-9-27-24-6-4-23(5-7-24)26(30)37-22-21-36-20-19-35-18-17-34-16-15-33-14-13-32-12-11-31-10-8-25(28)29/h4-7,27H,2-3,8-22H2,1H3,(H,28,29). The third-order valence-electron chi connectivity index (χ3n) is 4.76. The van der Waals surface area contributed by atoms with Crippen molar-refractivity contribution in [1.29, 1.82) is 0 Å². The first kappa shape index (κ1) is 32.7. The van der Waals surface area contributed by atoms with Gasteiger partial charge in [0, 0.05) is 12.2 Å². The van der Waals surface area contributed by atoms with E-state index >= 15 is 0 Å². The van der Waals surface area contributed by atoms with Crippen molar-refractivity contribution in [3.8, 4) is 0 Å². The minimum absolute atomic E-state index is 0.00526. The van der Waals surface area contributed by atoms with Crippen molar-refractivity contribution >= 4 is 17.6 Å². The highest BCUT2D eigenvalue weighted by Crippen LogP contribution is 2.10. The molecule has 2 N–H and O–H groups in total. The van der Waals surface area contributed by atoms with E-state index in [1.165, 1.54) is 0 Å². The maximum absolute atomic E-state index is 12.1. The fraction of sp³-hybridized carbons (Fsp3) is 0.692. The highest BCUT2D eigenvalue weighted by molar-refractivity contribution is 5.89. The van der Waals surface area contributed by atoms with Gasteiger partial charge < -0.3 is 43.6 Å². The topological polar surface area (TPSA) is 131 Å². The molecule has 212 valence electrons. The van der Waals surface area contributed by atoms with Crippen molar-refractivity contribution < 1.29 is 47.9 Å². The minimum Gasteiger partial charge on any atom is -0.481 e. The normalized spacial score (nSPS) is 10.9. The first-order chi connectivity index (χ1) is 18.1. The van der Waals surface area contributed by atoms with Crippen LogP contribution in [0.1, 0.15) is 36.5 Å². The van der Waals surface area contributed by atoms with Crippen molar-refractivity contribution in [2.75, 3.05) is 97.8 Å². The molecule has 1 aromatic rings. The van der Waals surface area contributed by atoms with Gasteiger partial charge in [0.05, 0.1) is 91.3 Å². The van der Waals surface area contributed by atoms with Crippen LogP contribution in [0.4, 0.5) is 5.69 Å². The second-order valence-corrected chi connectivity index (χ2v) is 7.81. The smallest absolute Gasteiger partial charge is 0.338 e. The van der Waals surface area contributed by atoms with E-state index in [9.17, 15) is 9.59 Å². The minimum atomic E-state index is -0.877. The average Bonchev–Trinajstić information content (AvgIpc) is 2.89. The molecule has 0 spiro atoms. The lowest BCUT2D eigenvalue weighted by Crippen LogP contribution is -2.15. The molecule has 0 bridgehead atoms. The Balaban J connectivity index is 1.80. The fourth-order valence-electron chi connectivity index (χ4n) is 2.77. The number of carboxylic acid groups (broad SMARTS) is 1. The molecule has 0 saturated carbocycles. The monoisotopic (exact) mass is 529 g/mol. The van der Waals surface area contributed by atoms with Gasteiger partial charge in [-0.1, -0.05) is 13.3 Å². The number of benzene rings is 1. The summed E-state index contributed by atoms with van der Waals surface area (Å²) in [5.74, 6) is -1.24. The Hall–Kier alpha value is -2.28. The van der Waals surface area contributed by atoms with Crippen LogP contribution in [0.15, 0.2) is 24.3 Å². The zero-order valence-corrected chi connectivity index (χ0v) is 22.0. The molecule has 0 atom stereocenters. The third kappa shape index (κ3) is 20.5. The fourth-order valence-corrected chi connectivity index (χ4v) is 2.77. The van der Waals surface area contributed by atoms with E-state index in [1.54, 1.807) is 12.1 Å². The average molecular weight is 530 g/mol. The van der Waals surface area contributed by atoms with E-state index in [-0.39, 0.29) is 25.6 Å². The van der Waals surface area contributed by atoms with Crippen LogP contribution >= 0.6 is 0 Å². The van der Waals surface area contributed by atoms with Crippen molar-refractivity contribution in [1.82, 2.24) is 0 Å². The number of aliphatic carboxylic acids is 1. The van der Waals surface area contributed by atoms with Gasteiger partial charge in [-0.3, -0.25) is 4.79 Å². The molecule has 0 fully saturated rings. The van der Waals surface area contributed by atoms with E-state index in [4.69, 9.17) is 38.3 Å². The lowest BCUT2D eigenvalue weighted by atomic mass is 10.2. The summed E-state index contributed by atoms with van der Waals surface area (Å²) in [4.78, 5) is 22.4. The molecule has 0 aliphatic heterocycles. The van der Waals surface area contributed by atoms with Gasteiger partial charge in [-0.25, -0.2) is 4.79 Å². The van der Waals surface area contributed by atoms with E-state index in [1.807, 2.05) is 12.1 Å². The largest absolute Gasteiger partial charge is 0.481 e. The van der Waals surface area contributed by atoms with Gasteiger partial charge in [-0.05, 0) is 30.7 Å². The third-order valence-corrected chi connectivity index (χ3v) is 4.76. The molecule has 0 aromatic heterocycles. The predicted octanol–water partition coefficient (Wildman–Crippen LogP) is 2.63. The number of rotatable bonds is 26. The Morgan fingerprint density at radius 2 is 1.11 bits per heavy atom. The van der Waals surface area contributed by atoms with Crippen LogP contribution in [-0.2, 0) is 38.0 Å². The number of nitrogens with one attached hydrogen (secondary N) is 1. The summed E-state index contributed by atoms with van der Waals surface area (Å²) in [5, 5.41) is 11.8. The van der Waals surface area contributed by atoms with Gasteiger partial charge in [0.2, 0.25) is 0 Å². The number of carboxylic acids is 1. The molecule has 0 aliphatic carbocycles. The second-order valence-electron chi connectivity index (χ2n) is 7.81. The lowest BCUT2D eigenvalue weighted by Gasteiger charge is -2.09. The van der Waals surface area contributed by atoms with Crippen LogP contribution in [0.2, 0.25) is 0 Å². The number of carbonyl (C=O) groups is 2. The molecule has 1 rings (SSSR count). The summed E-state index contributed by atoms with van der Waals surface area (Å²) < 4.78 is 37.2. The van der Waals surface area contributed by atoms with Crippen LogP contribution in [0, 0.1) is 0 Å². The van der Waals surface area contributed by atoms with Crippen molar-refractivity contribution in [2.24, 2.45) is 0 Å². The second kappa shape index (κ2) is 24.1. The van der Waals surface area contributed by atoms with E-state index in [0.29, 0.717) is 78.2 Å². The van der Waals surface area contributed by atoms with Gasteiger partial charge >= 0.3 is 11.9 Å². The predicted molar refractivity (Wildman–Crippen MR) is 137 cm³/mol. The van der Waals surface area contributed by atoms with Crippen LogP contribution in [0.25, 0.3) is 0 Å². The number of carbonyl (C=O) groups excluding carboxylic acids is 1. The molecule has 37 heavy (non-hydrogen) atoms. The Labute approximate surface area is 219 Å². The Morgan fingerprint density at radius 3 is 1.54 bits per heavy atom. The van der Waals surface area contributed by atoms with E-state index in [2.05, 4.69) is 12.2 Å². The van der Waals surface area contributed by atoms with Gasteiger partial charge in [0.15, 0.2) is 0 Å². The number of unbranched alkanes of at least 4 members (excludes halogenated alkanes) is 1. The summed E-state index contributed by atoms with van der Waals surface area (Å²) in [5.41, 5.74) is 1.50. The summed E-state index contributed by atoms with van der Waals surface area (Å²) in [6.45, 7) is 8.05. The Kier molecular flexibility index (Phi) is 21.3. The molecular weight excluding hydrogens is 486 g/mol. The zero-order valence-electron chi connectivity index (χ0n) is 22.0. The number of esters is 1. The number of hydrogen-bond donors (Lipinski definition) is 2. The van der Waals surface area contributed by atoms with Crippen molar-refractivity contribution in [3.63, 3.8) is 0 Å². The van der Waals surface area contributed by atoms with Crippen molar-refractivity contribution in [3.05, 3.63) is 29.8 Å². The molecule has 11 heteroatoms. The summed E-state index contributed by atoms with van der Waals surface area (Å²) in [6, 6.07) is 7.26. The molecule has 0 amide bonds. The van der Waals surface area contributed by atoms with Crippen LogP contribution in [0.5, 0.6) is 0 Å². The van der Waals surface area contributed by atoms with E-state index < -0.39 is 5.97 Å². The zero-order chi connectivity index (χ0) is 26.8. The highest BCUT2D eigenvalue weighted by atomic mass is 16.6. The van der Waals surface area contributed by atoms with Crippen LogP contribution in [-0.4, -0.2) is 109 Å². The van der Waals surface area contributed by atoms with Gasteiger partial charge in [0.1, 0.15) is 6.61 Å². The SMILES string of the molecule is CCCCNc1ccc(C(=O)OCCOCCOCCOCCOCCOCCOCCC(=O)O)cc1. The first-order valence-corrected chi connectivity index (χ1v) is 12.8. The van der Waals surface area contributed by atoms with Crippen LogP contribution < -0.4 is 5.32 Å². The number of anilines is 1. The quantitative estimate of drug-likeness (QED) is 0.136.